The summed E-state index contributed by atoms with van der Waals surface area (Å²) in [4.78, 5) is 10.1. The molecule has 0 fully saturated rings. The summed E-state index contributed by atoms with van der Waals surface area (Å²) in [5.74, 6) is 1.70. The zero-order valence-corrected chi connectivity index (χ0v) is 80.7. The Morgan fingerprint density at radius 2 is 0.373 bits per heavy atom. The number of benzene rings is 19. The normalized spacial score (nSPS) is 12.0. The molecule has 0 N–H and O–H groups in total. The van der Waals surface area contributed by atoms with Gasteiger partial charge in [0.2, 0.25) is 17.1 Å². The third kappa shape index (κ3) is 13.0. The number of fused-ring (bicyclic) bond motifs is 27. The van der Waals surface area contributed by atoms with Crippen LogP contribution in [0.5, 0.6) is 0 Å². The molecule has 0 radical (unpaired) electrons. The Morgan fingerprint density at radius 3 is 0.707 bits per heavy atom. The number of rotatable bonds is 12. The number of hydrogen-bond acceptors (Lipinski definition) is 5. The molecule has 19 aromatic carbocycles. The number of para-hydroxylation sites is 12. The molecule has 14 aromatic heterocycles. The lowest BCUT2D eigenvalue weighted by Crippen LogP contribution is -1.99. The predicted molar refractivity (Wildman–Crippen MR) is 617 cm³/mol. The lowest BCUT2D eigenvalue weighted by Gasteiger charge is -2.13. The Hall–Kier alpha value is -20.5. The van der Waals surface area contributed by atoms with Gasteiger partial charge in [-0.2, -0.15) is 0 Å². The number of pyridine rings is 2. The van der Waals surface area contributed by atoms with E-state index in [2.05, 4.69) is 520 Å². The highest BCUT2D eigenvalue weighted by atomic mass is 16.3. The van der Waals surface area contributed by atoms with Crippen molar-refractivity contribution in [3.05, 3.63) is 516 Å². The first kappa shape index (κ1) is 84.1. The van der Waals surface area contributed by atoms with Crippen LogP contribution in [0.1, 0.15) is 0 Å². The standard InChI is InChI=1S/C46H29N3O.2C45H28N4O/c1-5-19-41-35(15-1)36-16-2-6-20-42(36)48(41)34-23-24-45-40(29-34)38-18-4-7-21-43(38)47(45)32-13-9-11-30(27-32)31-12-10-14-33(28-31)49-44-22-8-3-17-37(44)39-25-26-50-46(39)49;1-5-16-39-33(12-1)34-13-2-6-17-40(34)48(39)32-20-21-43-38(28-32)36-15-4-7-18-41(36)47(43)31-11-9-10-29(26-31)30-22-24-46-44(27-30)49-42-19-8-3-14-35(42)37-23-25-50-45(37)49;1-5-18-39-32(13-1)33-14-2-6-19-40(33)47(39)31-23-24-43-37(28-31)35-16-4-8-21-42(35)49(43)44-22-10-17-38(46-44)29-11-9-12-30(27-29)48-41-20-7-3-15-34(41)36-25-26-50-45(36)48/h1-29H;2*1-28H. The van der Waals surface area contributed by atoms with E-state index in [9.17, 15) is 0 Å². The highest BCUT2D eigenvalue weighted by molar-refractivity contribution is 6.18. The van der Waals surface area contributed by atoms with E-state index in [0.29, 0.717) is 0 Å². The first-order valence-electron chi connectivity index (χ1n) is 50.8. The van der Waals surface area contributed by atoms with Crippen molar-refractivity contribution >= 4 is 197 Å². The summed E-state index contributed by atoms with van der Waals surface area (Å²) in [6, 6.07) is 176. The molecule has 0 atom stereocenters. The third-order valence-electron chi connectivity index (χ3n) is 30.7. The molecule has 150 heavy (non-hydrogen) atoms. The van der Waals surface area contributed by atoms with Gasteiger partial charge in [0.05, 0.1) is 107 Å². The lowest BCUT2D eigenvalue weighted by atomic mass is 10.0. The summed E-state index contributed by atoms with van der Waals surface area (Å²) in [6.07, 6.45) is 7.18. The minimum atomic E-state index is 0.801. The van der Waals surface area contributed by atoms with Gasteiger partial charge in [-0.15, -0.1) is 0 Å². The van der Waals surface area contributed by atoms with Crippen LogP contribution in [0.2, 0.25) is 0 Å². The summed E-state index contributed by atoms with van der Waals surface area (Å²) in [5, 5.41) is 21.7. The van der Waals surface area contributed by atoms with Gasteiger partial charge < -0.3 is 36.1 Å². The van der Waals surface area contributed by atoms with Crippen molar-refractivity contribution < 1.29 is 13.3 Å². The zero-order valence-electron chi connectivity index (χ0n) is 80.7. The van der Waals surface area contributed by atoms with Crippen molar-refractivity contribution in [2.45, 2.75) is 0 Å². The van der Waals surface area contributed by atoms with Gasteiger partial charge in [0.15, 0.2) is 0 Å². The van der Waals surface area contributed by atoms with Crippen molar-refractivity contribution in [3.8, 4) is 85.0 Å². The van der Waals surface area contributed by atoms with E-state index >= 15 is 0 Å². The number of nitrogens with zero attached hydrogens (tertiary/aromatic N) is 11. The first-order chi connectivity index (χ1) is 74.4. The summed E-state index contributed by atoms with van der Waals surface area (Å²) in [6.45, 7) is 0. The van der Waals surface area contributed by atoms with Crippen LogP contribution >= 0.6 is 0 Å². The van der Waals surface area contributed by atoms with E-state index in [1.54, 1.807) is 18.8 Å². The van der Waals surface area contributed by atoms with Gasteiger partial charge in [0.25, 0.3) is 0 Å². The second-order valence-electron chi connectivity index (χ2n) is 38.7. The molecule has 0 saturated heterocycles. The van der Waals surface area contributed by atoms with Crippen molar-refractivity contribution in [1.82, 2.24) is 51.1 Å². The maximum atomic E-state index is 6.02. The molecule has 0 saturated carbocycles. The van der Waals surface area contributed by atoms with Gasteiger partial charge in [-0.05, 0) is 241 Å². The molecule has 0 aliphatic heterocycles. The quantitative estimate of drug-likeness (QED) is 0.121. The number of aromatic nitrogens is 11. The second kappa shape index (κ2) is 33.6. The van der Waals surface area contributed by atoms with Gasteiger partial charge in [-0.25, -0.2) is 9.97 Å². The predicted octanol–water partition coefficient (Wildman–Crippen LogP) is 35.5. The van der Waals surface area contributed by atoms with Crippen LogP contribution in [0.15, 0.2) is 530 Å². The summed E-state index contributed by atoms with van der Waals surface area (Å²) in [7, 11) is 0. The van der Waals surface area contributed by atoms with Crippen LogP contribution in [-0.4, -0.2) is 51.1 Å². The Bertz CT molecular complexity index is 10200. The molecule has 14 heterocycles. The van der Waals surface area contributed by atoms with Crippen molar-refractivity contribution in [2.75, 3.05) is 0 Å². The lowest BCUT2D eigenvalue weighted by molar-refractivity contribution is 0.594. The van der Waals surface area contributed by atoms with Gasteiger partial charge in [0.1, 0.15) is 11.6 Å². The van der Waals surface area contributed by atoms with E-state index in [-0.39, 0.29) is 0 Å². The van der Waals surface area contributed by atoms with Crippen molar-refractivity contribution in [3.63, 3.8) is 0 Å². The molecule has 0 amide bonds. The number of furan rings is 3. The van der Waals surface area contributed by atoms with Crippen LogP contribution in [-0.2, 0) is 0 Å². The first-order valence-corrected chi connectivity index (χ1v) is 50.8. The fourth-order valence-electron chi connectivity index (χ4n) is 24.2. The number of hydrogen-bond donors (Lipinski definition) is 0. The van der Waals surface area contributed by atoms with Crippen LogP contribution < -0.4 is 0 Å². The fraction of sp³-hybridized carbons (Fsp3) is 0. The van der Waals surface area contributed by atoms with Crippen LogP contribution in [0.4, 0.5) is 0 Å². The van der Waals surface area contributed by atoms with Crippen molar-refractivity contribution in [2.24, 2.45) is 0 Å². The Kier molecular flexibility index (Phi) is 18.8. The summed E-state index contributed by atoms with van der Waals surface area (Å²) in [5.41, 5.74) is 34.3. The molecule has 33 rings (SSSR count). The Morgan fingerprint density at radius 1 is 0.140 bits per heavy atom. The minimum Gasteiger partial charge on any atom is -0.447 e. The highest BCUT2D eigenvalue weighted by Crippen LogP contribution is 2.46. The molecule has 0 aliphatic rings. The van der Waals surface area contributed by atoms with Crippen molar-refractivity contribution in [1.29, 1.82) is 0 Å². The monoisotopic (exact) mass is 1920 g/mol. The molecule has 0 bridgehead atoms. The van der Waals surface area contributed by atoms with Gasteiger partial charge in [0, 0.05) is 149 Å². The van der Waals surface area contributed by atoms with Gasteiger partial charge >= 0.3 is 0 Å². The largest absolute Gasteiger partial charge is 0.447 e. The molecule has 0 spiro atoms. The maximum absolute atomic E-state index is 6.02. The van der Waals surface area contributed by atoms with E-state index in [1.165, 1.54) is 131 Å². The van der Waals surface area contributed by atoms with E-state index < -0.39 is 0 Å². The second-order valence-corrected chi connectivity index (χ2v) is 38.7. The van der Waals surface area contributed by atoms with Gasteiger partial charge in [-0.1, -0.05) is 273 Å². The molecule has 33 aromatic rings. The Balaban J connectivity index is 0.000000101. The van der Waals surface area contributed by atoms with Crippen LogP contribution in [0, 0.1) is 0 Å². The SMILES string of the molecule is c1cc(-c2cccc(-n3c4ccccc4c4cc(-n5c6ccccc6c6ccccc65)ccc43)n2)cc(-n2c3ccccc3c3ccoc32)c1.c1cc(-c2cccc(-n3c4ccccc4c4ccoc43)c2)cc(-n2c3ccccc3c3cc(-n4c5ccccc5c5ccccc54)ccc32)c1.c1cc(-c2ccnc(-n3c4ccccc4c4ccoc43)c2)cc(-n2c3ccccc3c3cc(-n4c5ccccc5c5ccccc54)ccc32)c1. The van der Waals surface area contributed by atoms with E-state index in [0.717, 1.165) is 151 Å². The van der Waals surface area contributed by atoms with E-state index in [4.69, 9.17) is 23.2 Å². The van der Waals surface area contributed by atoms with Gasteiger partial charge in [-0.3, -0.25) is 18.3 Å². The molecule has 0 aliphatic carbocycles. The summed E-state index contributed by atoms with van der Waals surface area (Å²) >= 11 is 0. The Labute approximate surface area is 856 Å². The molecular formula is C136H85N11O3. The smallest absolute Gasteiger partial charge is 0.213 e. The van der Waals surface area contributed by atoms with E-state index in [1.807, 2.05) is 18.3 Å². The average molecular weight is 1920 g/mol. The summed E-state index contributed by atoms with van der Waals surface area (Å²) < 4.78 is 38.8. The highest BCUT2D eigenvalue weighted by Gasteiger charge is 2.26. The van der Waals surface area contributed by atoms with Crippen LogP contribution in [0.3, 0.4) is 0 Å². The topological polar surface area (TPSA) is 110 Å². The third-order valence-corrected chi connectivity index (χ3v) is 30.7. The maximum Gasteiger partial charge on any atom is 0.213 e. The fourth-order valence-corrected chi connectivity index (χ4v) is 24.2. The zero-order chi connectivity index (χ0) is 98.3. The molecule has 14 nitrogen and oxygen atoms in total. The minimum absolute atomic E-state index is 0.801. The molecule has 702 valence electrons. The molecule has 14 heteroatoms. The van der Waals surface area contributed by atoms with Crippen LogP contribution in [0.25, 0.3) is 282 Å². The average Bonchev–Trinajstić information content (AvgIpc) is 1.57. The molecule has 0 unspecified atom stereocenters. The molecular weight excluding hydrogens is 1840 g/mol.